The van der Waals surface area contributed by atoms with Crippen molar-refractivity contribution in [1.82, 2.24) is 20.5 Å². The first kappa shape index (κ1) is 12.3. The minimum atomic E-state index is -0.189. The third kappa shape index (κ3) is 2.74. The molecular formula is C13H16N4O. The van der Waals surface area contributed by atoms with Crippen molar-refractivity contribution in [3.05, 3.63) is 47.5 Å². The van der Waals surface area contributed by atoms with Gasteiger partial charge in [0.25, 0.3) is 5.91 Å². The van der Waals surface area contributed by atoms with E-state index >= 15 is 0 Å². The number of nitrogens with zero attached hydrogens (tertiary/aromatic N) is 2. The van der Waals surface area contributed by atoms with Crippen LogP contribution in [-0.4, -0.2) is 21.1 Å². The largest absolute Gasteiger partial charge is 0.342 e. The molecule has 1 amide bonds. The Kier molecular flexibility index (Phi) is 3.72. The third-order valence-corrected chi connectivity index (χ3v) is 2.82. The van der Waals surface area contributed by atoms with Crippen molar-refractivity contribution in [2.24, 2.45) is 0 Å². The van der Waals surface area contributed by atoms with Crippen molar-refractivity contribution in [2.75, 3.05) is 0 Å². The minimum Gasteiger partial charge on any atom is -0.342 e. The predicted octanol–water partition coefficient (Wildman–Crippen LogP) is 1.86. The van der Waals surface area contributed by atoms with E-state index in [9.17, 15) is 4.79 Å². The average molecular weight is 244 g/mol. The van der Waals surface area contributed by atoms with Crippen LogP contribution in [0.15, 0.2) is 30.6 Å². The topological polar surface area (TPSA) is 70.7 Å². The summed E-state index contributed by atoms with van der Waals surface area (Å²) >= 11 is 0. The van der Waals surface area contributed by atoms with Crippen LogP contribution >= 0.6 is 0 Å². The number of hydrogen-bond donors (Lipinski definition) is 2. The van der Waals surface area contributed by atoms with Crippen LogP contribution in [0.2, 0.25) is 0 Å². The summed E-state index contributed by atoms with van der Waals surface area (Å²) in [5.41, 5.74) is 1.87. The first-order chi connectivity index (χ1) is 8.70. The highest BCUT2D eigenvalue weighted by Gasteiger charge is 2.13. The number of aromatic amines is 1. The summed E-state index contributed by atoms with van der Waals surface area (Å²) in [4.78, 5) is 16.0. The summed E-state index contributed by atoms with van der Waals surface area (Å²) in [6, 6.07) is 7.41. The number of benzene rings is 1. The summed E-state index contributed by atoms with van der Waals surface area (Å²) in [5.74, 6) is 0.537. The molecule has 2 aromatic rings. The lowest BCUT2D eigenvalue weighted by Crippen LogP contribution is -2.27. The lowest BCUT2D eigenvalue weighted by molar-refractivity contribution is 0.0938. The molecule has 0 spiro atoms. The molecule has 1 aromatic carbocycles. The predicted molar refractivity (Wildman–Crippen MR) is 68.1 cm³/mol. The molecule has 5 heteroatoms. The number of carbonyl (C=O) groups is 1. The van der Waals surface area contributed by atoms with Gasteiger partial charge in [0, 0.05) is 5.56 Å². The molecule has 0 saturated carbocycles. The molecule has 0 aliphatic rings. The fourth-order valence-corrected chi connectivity index (χ4v) is 1.66. The van der Waals surface area contributed by atoms with Gasteiger partial charge in [-0.25, -0.2) is 4.98 Å². The smallest absolute Gasteiger partial charge is 0.251 e. The molecule has 2 rings (SSSR count). The minimum absolute atomic E-state index is 0.110. The number of aryl methyl sites for hydroxylation is 1. The van der Waals surface area contributed by atoms with Crippen LogP contribution in [0.5, 0.6) is 0 Å². The van der Waals surface area contributed by atoms with Crippen LogP contribution in [0, 0.1) is 0 Å². The number of rotatable bonds is 4. The Balaban J connectivity index is 2.03. The van der Waals surface area contributed by atoms with Crippen LogP contribution < -0.4 is 5.32 Å². The normalized spacial score (nSPS) is 12.1. The van der Waals surface area contributed by atoms with E-state index < -0.39 is 0 Å². The van der Waals surface area contributed by atoms with E-state index in [1.807, 2.05) is 31.2 Å². The quantitative estimate of drug-likeness (QED) is 0.862. The molecule has 1 unspecified atom stereocenters. The van der Waals surface area contributed by atoms with Crippen molar-refractivity contribution in [2.45, 2.75) is 26.3 Å². The van der Waals surface area contributed by atoms with Gasteiger partial charge in [-0.2, -0.15) is 5.10 Å². The Labute approximate surface area is 106 Å². The average Bonchev–Trinajstić information content (AvgIpc) is 2.92. The lowest BCUT2D eigenvalue weighted by atomic mass is 10.1. The van der Waals surface area contributed by atoms with Gasteiger partial charge < -0.3 is 5.32 Å². The van der Waals surface area contributed by atoms with Crippen LogP contribution in [0.3, 0.4) is 0 Å². The third-order valence-electron chi connectivity index (χ3n) is 2.82. The molecule has 1 heterocycles. The van der Waals surface area contributed by atoms with Crippen molar-refractivity contribution >= 4 is 5.91 Å². The van der Waals surface area contributed by atoms with E-state index in [1.165, 1.54) is 11.9 Å². The van der Waals surface area contributed by atoms with Crippen molar-refractivity contribution < 1.29 is 4.79 Å². The summed E-state index contributed by atoms with van der Waals surface area (Å²) in [6.07, 6.45) is 2.39. The first-order valence-corrected chi connectivity index (χ1v) is 5.95. The number of nitrogens with one attached hydrogen (secondary N) is 2. The van der Waals surface area contributed by atoms with Gasteiger partial charge in [0.2, 0.25) is 0 Å². The van der Waals surface area contributed by atoms with Gasteiger partial charge >= 0.3 is 0 Å². The number of aromatic nitrogens is 3. The number of amides is 1. The molecule has 1 atom stereocenters. The zero-order chi connectivity index (χ0) is 13.0. The lowest BCUT2D eigenvalue weighted by Gasteiger charge is -2.11. The SMILES string of the molecule is CCc1ccc(C(=O)NC(C)c2ncn[nH]2)cc1. The molecular weight excluding hydrogens is 228 g/mol. The highest BCUT2D eigenvalue weighted by Crippen LogP contribution is 2.08. The van der Waals surface area contributed by atoms with E-state index in [2.05, 4.69) is 27.4 Å². The molecule has 94 valence electrons. The van der Waals surface area contributed by atoms with Gasteiger partial charge in [-0.1, -0.05) is 19.1 Å². The maximum Gasteiger partial charge on any atom is 0.251 e. The second kappa shape index (κ2) is 5.44. The molecule has 0 aliphatic heterocycles. The molecule has 5 nitrogen and oxygen atoms in total. The van der Waals surface area contributed by atoms with Crippen LogP contribution in [-0.2, 0) is 6.42 Å². The van der Waals surface area contributed by atoms with Gasteiger partial charge in [0.1, 0.15) is 12.2 Å². The number of H-pyrrole nitrogens is 1. The van der Waals surface area contributed by atoms with Gasteiger partial charge in [-0.15, -0.1) is 0 Å². The van der Waals surface area contributed by atoms with Gasteiger partial charge in [0.15, 0.2) is 0 Å². The Hall–Kier alpha value is -2.17. The van der Waals surface area contributed by atoms with Gasteiger partial charge in [-0.3, -0.25) is 9.89 Å². The number of carbonyl (C=O) groups excluding carboxylic acids is 1. The van der Waals surface area contributed by atoms with Crippen LogP contribution in [0.1, 0.15) is 41.6 Å². The zero-order valence-electron chi connectivity index (χ0n) is 10.5. The van der Waals surface area contributed by atoms with Gasteiger partial charge in [0.05, 0.1) is 6.04 Å². The van der Waals surface area contributed by atoms with Crippen molar-refractivity contribution in [3.8, 4) is 0 Å². The Morgan fingerprint density at radius 1 is 1.39 bits per heavy atom. The van der Waals surface area contributed by atoms with Crippen molar-refractivity contribution in [3.63, 3.8) is 0 Å². The maximum absolute atomic E-state index is 12.0. The molecule has 0 bridgehead atoms. The second-order valence-electron chi connectivity index (χ2n) is 4.12. The maximum atomic E-state index is 12.0. The number of hydrogen-bond acceptors (Lipinski definition) is 3. The monoisotopic (exact) mass is 244 g/mol. The molecule has 0 radical (unpaired) electrons. The molecule has 0 fully saturated rings. The first-order valence-electron chi connectivity index (χ1n) is 5.95. The van der Waals surface area contributed by atoms with E-state index in [4.69, 9.17) is 0 Å². The Bertz CT molecular complexity index is 504. The standard InChI is InChI=1S/C13H16N4O/c1-3-10-4-6-11(7-5-10)13(18)16-9(2)12-14-8-15-17-12/h4-9H,3H2,1-2H3,(H,16,18)(H,14,15,17). The molecule has 18 heavy (non-hydrogen) atoms. The molecule has 1 aromatic heterocycles. The fraction of sp³-hybridized carbons (Fsp3) is 0.308. The van der Waals surface area contributed by atoms with E-state index in [1.54, 1.807) is 0 Å². The fourth-order valence-electron chi connectivity index (χ4n) is 1.66. The Morgan fingerprint density at radius 2 is 2.11 bits per heavy atom. The van der Waals surface area contributed by atoms with E-state index in [0.29, 0.717) is 11.4 Å². The van der Waals surface area contributed by atoms with Gasteiger partial charge in [-0.05, 0) is 31.0 Å². The summed E-state index contributed by atoms with van der Waals surface area (Å²) in [6.45, 7) is 3.94. The van der Waals surface area contributed by atoms with E-state index in [0.717, 1.165) is 6.42 Å². The summed E-state index contributed by atoms with van der Waals surface area (Å²) < 4.78 is 0. The highest BCUT2D eigenvalue weighted by molar-refractivity contribution is 5.94. The highest BCUT2D eigenvalue weighted by atomic mass is 16.1. The Morgan fingerprint density at radius 3 is 2.67 bits per heavy atom. The molecule has 2 N–H and O–H groups in total. The molecule has 0 saturated heterocycles. The van der Waals surface area contributed by atoms with Crippen LogP contribution in [0.25, 0.3) is 0 Å². The summed E-state index contributed by atoms with van der Waals surface area (Å²) in [7, 11) is 0. The zero-order valence-corrected chi connectivity index (χ0v) is 10.5. The van der Waals surface area contributed by atoms with Crippen LogP contribution in [0.4, 0.5) is 0 Å². The summed E-state index contributed by atoms with van der Waals surface area (Å²) in [5, 5.41) is 9.36. The van der Waals surface area contributed by atoms with Crippen molar-refractivity contribution in [1.29, 1.82) is 0 Å². The molecule has 0 aliphatic carbocycles. The second-order valence-corrected chi connectivity index (χ2v) is 4.12. The van der Waals surface area contributed by atoms with E-state index in [-0.39, 0.29) is 11.9 Å².